The minimum atomic E-state index is -2.85. The first-order valence-electron chi connectivity index (χ1n) is 6.95. The number of carbonyl (C=O) groups excluding carboxylic acids is 1. The van der Waals surface area contributed by atoms with E-state index in [1.165, 1.54) is 12.1 Å². The Morgan fingerprint density at radius 1 is 1.27 bits per heavy atom. The van der Waals surface area contributed by atoms with Gasteiger partial charge in [-0.3, -0.25) is 4.79 Å². The molecule has 3 N–H and O–H groups in total. The smallest absolute Gasteiger partial charge is 0.387 e. The fourth-order valence-corrected chi connectivity index (χ4v) is 1.84. The molecule has 126 valence electrons. The van der Waals surface area contributed by atoms with E-state index >= 15 is 0 Å². The van der Waals surface area contributed by atoms with E-state index in [1.54, 1.807) is 12.1 Å². The van der Waals surface area contributed by atoms with Crippen LogP contribution in [0.5, 0.6) is 5.75 Å². The lowest BCUT2D eigenvalue weighted by Crippen LogP contribution is -2.45. The summed E-state index contributed by atoms with van der Waals surface area (Å²) in [4.78, 5) is 12.0. The number of carbonyl (C=O) groups is 1. The number of hydrogen-bond acceptors (Lipinski definition) is 3. The molecule has 4 nitrogen and oxygen atoms in total. The van der Waals surface area contributed by atoms with Gasteiger partial charge in [0.25, 0.3) is 0 Å². The Hall–Kier alpha value is -1.40. The SMILES string of the molecule is CCC(C)C(N)C(=O)NC(C)c1ccc(OC(F)F)cc1.Cl. The third-order valence-corrected chi connectivity index (χ3v) is 3.52. The van der Waals surface area contributed by atoms with E-state index in [-0.39, 0.29) is 36.0 Å². The van der Waals surface area contributed by atoms with E-state index < -0.39 is 12.7 Å². The topological polar surface area (TPSA) is 64.4 Å². The first kappa shape index (κ1) is 20.6. The third kappa shape index (κ3) is 6.15. The van der Waals surface area contributed by atoms with Gasteiger partial charge in [0, 0.05) is 0 Å². The second kappa shape index (κ2) is 9.58. The van der Waals surface area contributed by atoms with Gasteiger partial charge in [0.05, 0.1) is 12.1 Å². The van der Waals surface area contributed by atoms with Crippen LogP contribution in [0, 0.1) is 5.92 Å². The fraction of sp³-hybridized carbons (Fsp3) is 0.533. The van der Waals surface area contributed by atoms with E-state index in [4.69, 9.17) is 5.73 Å². The Morgan fingerprint density at radius 2 is 1.82 bits per heavy atom. The van der Waals surface area contributed by atoms with Crippen molar-refractivity contribution in [1.29, 1.82) is 0 Å². The Morgan fingerprint density at radius 3 is 2.27 bits per heavy atom. The average Bonchev–Trinajstić information content (AvgIpc) is 2.45. The van der Waals surface area contributed by atoms with Crippen LogP contribution >= 0.6 is 12.4 Å². The minimum Gasteiger partial charge on any atom is -0.435 e. The van der Waals surface area contributed by atoms with Crippen LogP contribution in [0.25, 0.3) is 0 Å². The first-order valence-corrected chi connectivity index (χ1v) is 6.95. The molecule has 0 bridgehead atoms. The lowest BCUT2D eigenvalue weighted by Gasteiger charge is -2.21. The van der Waals surface area contributed by atoms with E-state index in [2.05, 4.69) is 10.1 Å². The molecule has 0 aliphatic heterocycles. The molecule has 1 aromatic carbocycles. The molecule has 0 spiro atoms. The van der Waals surface area contributed by atoms with Crippen LogP contribution in [0.2, 0.25) is 0 Å². The van der Waals surface area contributed by atoms with Crippen molar-refractivity contribution in [1.82, 2.24) is 5.32 Å². The molecule has 3 atom stereocenters. The Balaban J connectivity index is 0.00000441. The summed E-state index contributed by atoms with van der Waals surface area (Å²) in [5, 5.41) is 2.82. The second-order valence-corrected chi connectivity index (χ2v) is 5.09. The zero-order chi connectivity index (χ0) is 16.0. The number of alkyl halides is 2. The molecule has 3 unspecified atom stereocenters. The van der Waals surface area contributed by atoms with Gasteiger partial charge in [0.2, 0.25) is 5.91 Å². The van der Waals surface area contributed by atoms with Crippen LogP contribution in [-0.2, 0) is 4.79 Å². The number of nitrogens with one attached hydrogen (secondary N) is 1. The Bertz CT molecular complexity index is 457. The lowest BCUT2D eigenvalue weighted by molar-refractivity contribution is -0.124. The number of halogens is 3. The van der Waals surface area contributed by atoms with Gasteiger partial charge in [-0.2, -0.15) is 8.78 Å². The maximum atomic E-state index is 12.1. The molecule has 22 heavy (non-hydrogen) atoms. The summed E-state index contributed by atoms with van der Waals surface area (Å²) < 4.78 is 28.4. The predicted octanol–water partition coefficient (Wildman–Crippen LogP) is 3.26. The molecule has 0 heterocycles. The molecule has 1 aromatic rings. The summed E-state index contributed by atoms with van der Waals surface area (Å²) in [6.45, 7) is 2.86. The predicted molar refractivity (Wildman–Crippen MR) is 84.3 cm³/mol. The molecule has 0 aliphatic carbocycles. The van der Waals surface area contributed by atoms with Gasteiger partial charge in [-0.1, -0.05) is 32.4 Å². The zero-order valence-electron chi connectivity index (χ0n) is 12.9. The molecule has 0 saturated heterocycles. The lowest BCUT2D eigenvalue weighted by atomic mass is 9.98. The quantitative estimate of drug-likeness (QED) is 0.803. The van der Waals surface area contributed by atoms with Gasteiger partial charge in [0.15, 0.2) is 0 Å². The van der Waals surface area contributed by atoms with Crippen molar-refractivity contribution in [2.45, 2.75) is 45.9 Å². The highest BCUT2D eigenvalue weighted by Gasteiger charge is 2.21. The number of ether oxygens (including phenoxy) is 1. The fourth-order valence-electron chi connectivity index (χ4n) is 1.84. The Kier molecular flexibility index (Phi) is 8.97. The molecule has 7 heteroatoms. The van der Waals surface area contributed by atoms with Crippen LogP contribution in [0.1, 0.15) is 38.8 Å². The molecule has 0 radical (unpaired) electrons. The third-order valence-electron chi connectivity index (χ3n) is 3.52. The highest BCUT2D eigenvalue weighted by molar-refractivity contribution is 5.85. The maximum Gasteiger partial charge on any atom is 0.387 e. The summed E-state index contributed by atoms with van der Waals surface area (Å²) in [6, 6.07) is 5.35. The largest absolute Gasteiger partial charge is 0.435 e. The zero-order valence-corrected chi connectivity index (χ0v) is 13.7. The van der Waals surface area contributed by atoms with E-state index in [9.17, 15) is 13.6 Å². The number of amides is 1. The van der Waals surface area contributed by atoms with Crippen molar-refractivity contribution < 1.29 is 18.3 Å². The molecule has 1 amide bonds. The van der Waals surface area contributed by atoms with Gasteiger partial charge in [-0.25, -0.2) is 0 Å². The van der Waals surface area contributed by atoms with Crippen LogP contribution in [-0.4, -0.2) is 18.6 Å². The van der Waals surface area contributed by atoms with Gasteiger partial charge in [-0.15, -0.1) is 12.4 Å². The van der Waals surface area contributed by atoms with Gasteiger partial charge in [0.1, 0.15) is 5.75 Å². The molecule has 0 aliphatic rings. The average molecular weight is 337 g/mol. The Labute approximate surface area is 135 Å². The molecule has 0 aromatic heterocycles. The van der Waals surface area contributed by atoms with Crippen molar-refractivity contribution in [2.75, 3.05) is 0 Å². The standard InChI is InChI=1S/C15H22F2N2O2.ClH/c1-4-9(2)13(18)14(20)19-10(3)11-5-7-12(8-6-11)21-15(16)17;/h5-10,13,15H,4,18H2,1-3H3,(H,19,20);1H. The highest BCUT2D eigenvalue weighted by Crippen LogP contribution is 2.19. The van der Waals surface area contributed by atoms with Gasteiger partial charge in [-0.05, 0) is 30.5 Å². The van der Waals surface area contributed by atoms with Crippen molar-refractivity contribution in [3.05, 3.63) is 29.8 Å². The highest BCUT2D eigenvalue weighted by atomic mass is 35.5. The monoisotopic (exact) mass is 336 g/mol. The molecule has 1 rings (SSSR count). The second-order valence-electron chi connectivity index (χ2n) is 5.09. The van der Waals surface area contributed by atoms with Crippen LogP contribution < -0.4 is 15.8 Å². The number of benzene rings is 1. The van der Waals surface area contributed by atoms with Gasteiger partial charge >= 0.3 is 6.61 Å². The molecular formula is C15H23ClF2N2O2. The van der Waals surface area contributed by atoms with Crippen molar-refractivity contribution >= 4 is 18.3 Å². The summed E-state index contributed by atoms with van der Waals surface area (Å²) in [5.74, 6) is -0.0349. The number of rotatable bonds is 7. The minimum absolute atomic E-state index is 0. The van der Waals surface area contributed by atoms with Crippen LogP contribution in [0.15, 0.2) is 24.3 Å². The summed E-state index contributed by atoms with van der Waals surface area (Å²) in [7, 11) is 0. The van der Waals surface area contributed by atoms with Crippen molar-refractivity contribution in [3.8, 4) is 5.75 Å². The van der Waals surface area contributed by atoms with Crippen LogP contribution in [0.3, 0.4) is 0 Å². The number of nitrogens with two attached hydrogens (primary N) is 1. The van der Waals surface area contributed by atoms with E-state index in [0.717, 1.165) is 12.0 Å². The molecule has 0 saturated carbocycles. The van der Waals surface area contributed by atoms with E-state index in [1.807, 2.05) is 20.8 Å². The first-order chi connectivity index (χ1) is 9.85. The summed E-state index contributed by atoms with van der Waals surface area (Å²) in [5.41, 5.74) is 6.65. The molecule has 0 fully saturated rings. The van der Waals surface area contributed by atoms with Crippen molar-refractivity contribution in [2.24, 2.45) is 11.7 Å². The normalized spacial score (nSPS) is 14.7. The van der Waals surface area contributed by atoms with E-state index in [0.29, 0.717) is 0 Å². The maximum absolute atomic E-state index is 12.1. The number of hydrogen-bond donors (Lipinski definition) is 2. The van der Waals surface area contributed by atoms with Gasteiger partial charge < -0.3 is 15.8 Å². The summed E-state index contributed by atoms with van der Waals surface area (Å²) in [6.07, 6.45) is 0.822. The van der Waals surface area contributed by atoms with Crippen molar-refractivity contribution in [3.63, 3.8) is 0 Å². The summed E-state index contributed by atoms with van der Waals surface area (Å²) >= 11 is 0. The van der Waals surface area contributed by atoms with Crippen LogP contribution in [0.4, 0.5) is 8.78 Å². The molecular weight excluding hydrogens is 314 g/mol.